The second-order valence-electron chi connectivity index (χ2n) is 4.51. The number of allylic oxidation sites excluding steroid dienone is 3. The summed E-state index contributed by atoms with van der Waals surface area (Å²) in [5, 5.41) is 3.59. The maximum atomic E-state index is 6.01. The van der Waals surface area contributed by atoms with E-state index in [4.69, 9.17) is 5.73 Å². The molecule has 2 rings (SSSR count). The van der Waals surface area contributed by atoms with Crippen LogP contribution in [0.25, 0.3) is 0 Å². The van der Waals surface area contributed by atoms with Gasteiger partial charge in [-0.05, 0) is 36.2 Å². The van der Waals surface area contributed by atoms with Crippen molar-refractivity contribution < 1.29 is 0 Å². The molecule has 2 aliphatic carbocycles. The van der Waals surface area contributed by atoms with Gasteiger partial charge in [0.05, 0.1) is 5.70 Å². The molecule has 0 radical (unpaired) electrons. The van der Waals surface area contributed by atoms with Gasteiger partial charge in [-0.2, -0.15) is 0 Å². The maximum absolute atomic E-state index is 6.01. The SMILES string of the molecule is NC1=C(NC2CCCCC2)C=C(Br)CC1. The molecular formula is C12H19BrN2. The van der Waals surface area contributed by atoms with Crippen molar-refractivity contribution in [2.75, 3.05) is 0 Å². The number of hydrogen-bond donors (Lipinski definition) is 2. The fourth-order valence-corrected chi connectivity index (χ4v) is 2.74. The minimum Gasteiger partial charge on any atom is -0.400 e. The average molecular weight is 271 g/mol. The Labute approximate surface area is 100 Å². The molecule has 0 aromatic heterocycles. The first kappa shape index (κ1) is 11.1. The van der Waals surface area contributed by atoms with Gasteiger partial charge in [0.2, 0.25) is 0 Å². The van der Waals surface area contributed by atoms with Gasteiger partial charge in [-0.3, -0.25) is 0 Å². The van der Waals surface area contributed by atoms with E-state index in [1.807, 2.05) is 0 Å². The molecule has 1 fully saturated rings. The van der Waals surface area contributed by atoms with Crippen molar-refractivity contribution in [3.05, 3.63) is 22.0 Å². The van der Waals surface area contributed by atoms with Crippen molar-refractivity contribution >= 4 is 15.9 Å². The zero-order valence-electron chi connectivity index (χ0n) is 9.06. The second-order valence-corrected chi connectivity index (χ2v) is 5.53. The Kier molecular flexibility index (Phi) is 3.73. The summed E-state index contributed by atoms with van der Waals surface area (Å²) in [5.41, 5.74) is 8.18. The van der Waals surface area contributed by atoms with E-state index in [-0.39, 0.29) is 0 Å². The van der Waals surface area contributed by atoms with Gasteiger partial charge in [0.15, 0.2) is 0 Å². The highest BCUT2D eigenvalue weighted by atomic mass is 79.9. The van der Waals surface area contributed by atoms with Crippen LogP contribution in [-0.2, 0) is 0 Å². The van der Waals surface area contributed by atoms with Gasteiger partial charge < -0.3 is 11.1 Å². The van der Waals surface area contributed by atoms with E-state index in [9.17, 15) is 0 Å². The van der Waals surface area contributed by atoms with E-state index in [0.29, 0.717) is 6.04 Å². The number of hydrogen-bond acceptors (Lipinski definition) is 2. The molecule has 3 N–H and O–H groups in total. The summed E-state index contributed by atoms with van der Waals surface area (Å²) in [4.78, 5) is 0. The Morgan fingerprint density at radius 1 is 1.20 bits per heavy atom. The normalized spacial score (nSPS) is 23.9. The Balaban J connectivity index is 1.97. The van der Waals surface area contributed by atoms with E-state index >= 15 is 0 Å². The van der Waals surface area contributed by atoms with Gasteiger partial charge in [-0.25, -0.2) is 0 Å². The van der Waals surface area contributed by atoms with Crippen LogP contribution in [0.4, 0.5) is 0 Å². The molecule has 84 valence electrons. The molecule has 2 aliphatic rings. The summed E-state index contributed by atoms with van der Waals surface area (Å²) in [6, 6.07) is 0.641. The minimum atomic E-state index is 0.641. The predicted octanol–water partition coefficient (Wildman–Crippen LogP) is 3.15. The summed E-state index contributed by atoms with van der Waals surface area (Å²) in [6.07, 6.45) is 10.9. The van der Waals surface area contributed by atoms with Crippen LogP contribution in [-0.4, -0.2) is 6.04 Å². The lowest BCUT2D eigenvalue weighted by Crippen LogP contribution is -2.32. The van der Waals surface area contributed by atoms with Crippen LogP contribution in [0, 0.1) is 0 Å². The van der Waals surface area contributed by atoms with Gasteiger partial charge in [-0.15, -0.1) is 0 Å². The molecule has 0 spiro atoms. The monoisotopic (exact) mass is 270 g/mol. The molecule has 15 heavy (non-hydrogen) atoms. The van der Waals surface area contributed by atoms with Gasteiger partial charge >= 0.3 is 0 Å². The lowest BCUT2D eigenvalue weighted by Gasteiger charge is -2.26. The number of nitrogens with one attached hydrogen (secondary N) is 1. The number of halogens is 1. The van der Waals surface area contributed by atoms with E-state index in [0.717, 1.165) is 24.2 Å². The summed E-state index contributed by atoms with van der Waals surface area (Å²) in [6.45, 7) is 0. The maximum Gasteiger partial charge on any atom is 0.0541 e. The van der Waals surface area contributed by atoms with E-state index in [1.165, 1.54) is 36.6 Å². The first-order valence-corrected chi connectivity index (χ1v) is 6.66. The molecule has 0 amide bonds. The Bertz CT molecular complexity index is 288. The van der Waals surface area contributed by atoms with Crippen molar-refractivity contribution in [3.63, 3.8) is 0 Å². The lowest BCUT2D eigenvalue weighted by molar-refractivity contribution is 0.397. The highest BCUT2D eigenvalue weighted by Gasteiger charge is 2.16. The molecule has 0 unspecified atom stereocenters. The summed E-state index contributed by atoms with van der Waals surface area (Å²) < 4.78 is 1.26. The largest absolute Gasteiger partial charge is 0.400 e. The molecule has 3 heteroatoms. The van der Waals surface area contributed by atoms with E-state index in [1.54, 1.807) is 0 Å². The second kappa shape index (κ2) is 5.06. The zero-order valence-corrected chi connectivity index (χ0v) is 10.6. The fourth-order valence-electron chi connectivity index (χ4n) is 2.31. The van der Waals surface area contributed by atoms with Crippen molar-refractivity contribution in [1.82, 2.24) is 5.32 Å². The van der Waals surface area contributed by atoms with Crippen LogP contribution in [0.1, 0.15) is 44.9 Å². The van der Waals surface area contributed by atoms with Crippen molar-refractivity contribution in [1.29, 1.82) is 0 Å². The van der Waals surface area contributed by atoms with Crippen LogP contribution >= 0.6 is 15.9 Å². The van der Waals surface area contributed by atoms with Crippen molar-refractivity contribution in [3.8, 4) is 0 Å². The summed E-state index contributed by atoms with van der Waals surface area (Å²) in [7, 11) is 0. The highest BCUT2D eigenvalue weighted by molar-refractivity contribution is 9.11. The van der Waals surface area contributed by atoms with Gasteiger partial charge in [0.1, 0.15) is 0 Å². The van der Waals surface area contributed by atoms with Gasteiger partial charge in [-0.1, -0.05) is 35.2 Å². The van der Waals surface area contributed by atoms with Crippen LogP contribution in [0.3, 0.4) is 0 Å². The molecule has 2 nitrogen and oxygen atoms in total. The molecule has 0 bridgehead atoms. The first-order chi connectivity index (χ1) is 7.25. The third-order valence-corrected chi connectivity index (χ3v) is 3.87. The predicted molar refractivity (Wildman–Crippen MR) is 67.5 cm³/mol. The smallest absolute Gasteiger partial charge is 0.0541 e. The molecule has 0 aromatic carbocycles. The van der Waals surface area contributed by atoms with Crippen LogP contribution in [0.15, 0.2) is 22.0 Å². The summed E-state index contributed by atoms with van der Waals surface area (Å²) >= 11 is 3.55. The lowest BCUT2D eigenvalue weighted by atomic mass is 9.95. The van der Waals surface area contributed by atoms with Gasteiger partial charge in [0.25, 0.3) is 0 Å². The van der Waals surface area contributed by atoms with Crippen molar-refractivity contribution in [2.24, 2.45) is 5.73 Å². The Morgan fingerprint density at radius 2 is 1.93 bits per heavy atom. The summed E-state index contributed by atoms with van der Waals surface area (Å²) in [5.74, 6) is 0. The molecule has 1 saturated carbocycles. The Morgan fingerprint density at radius 3 is 2.67 bits per heavy atom. The standard InChI is InChI=1S/C12H19BrN2/c13-9-6-7-11(14)12(8-9)15-10-4-2-1-3-5-10/h8,10,15H,1-7,14H2. The molecule has 0 saturated heterocycles. The quantitative estimate of drug-likeness (QED) is 0.809. The minimum absolute atomic E-state index is 0.641. The average Bonchev–Trinajstić information content (AvgIpc) is 2.25. The third kappa shape index (κ3) is 3.00. The van der Waals surface area contributed by atoms with Crippen LogP contribution < -0.4 is 11.1 Å². The highest BCUT2D eigenvalue weighted by Crippen LogP contribution is 2.25. The number of rotatable bonds is 2. The third-order valence-electron chi connectivity index (χ3n) is 3.24. The van der Waals surface area contributed by atoms with Crippen LogP contribution in [0.5, 0.6) is 0 Å². The van der Waals surface area contributed by atoms with Crippen LogP contribution in [0.2, 0.25) is 0 Å². The molecule has 0 atom stereocenters. The fraction of sp³-hybridized carbons (Fsp3) is 0.667. The van der Waals surface area contributed by atoms with Crippen molar-refractivity contribution in [2.45, 2.75) is 51.0 Å². The molecule has 0 heterocycles. The van der Waals surface area contributed by atoms with E-state index < -0.39 is 0 Å². The topological polar surface area (TPSA) is 38.0 Å². The van der Waals surface area contributed by atoms with Gasteiger partial charge in [0, 0.05) is 11.7 Å². The zero-order chi connectivity index (χ0) is 10.7. The Hall–Kier alpha value is -0.440. The van der Waals surface area contributed by atoms with E-state index in [2.05, 4.69) is 27.3 Å². The molecule has 0 aliphatic heterocycles. The molecular weight excluding hydrogens is 252 g/mol. The molecule has 0 aromatic rings. The first-order valence-electron chi connectivity index (χ1n) is 5.87. The number of nitrogens with two attached hydrogens (primary N) is 1.